The molecule has 1 aliphatic rings. The third-order valence-corrected chi connectivity index (χ3v) is 3.76. The number of fused-ring (bicyclic) bond motifs is 1. The SMILES string of the molecule is CC(=O)N1CCn2cc(-c3nc(C)cs3)nc21. The van der Waals surface area contributed by atoms with Gasteiger partial charge in [0.15, 0.2) is 0 Å². The van der Waals surface area contributed by atoms with Gasteiger partial charge in [0.25, 0.3) is 0 Å². The first-order chi connectivity index (χ1) is 8.15. The van der Waals surface area contributed by atoms with Crippen LogP contribution in [0.15, 0.2) is 11.6 Å². The molecule has 6 heteroatoms. The quantitative estimate of drug-likeness (QED) is 0.771. The van der Waals surface area contributed by atoms with Gasteiger partial charge in [-0.15, -0.1) is 11.3 Å². The maximum absolute atomic E-state index is 11.4. The average molecular weight is 248 g/mol. The molecule has 3 rings (SSSR count). The fourth-order valence-electron chi connectivity index (χ4n) is 1.97. The lowest BCUT2D eigenvalue weighted by Gasteiger charge is -2.09. The summed E-state index contributed by atoms with van der Waals surface area (Å²) >= 11 is 1.58. The van der Waals surface area contributed by atoms with Crippen LogP contribution >= 0.6 is 11.3 Å². The molecule has 0 radical (unpaired) electrons. The van der Waals surface area contributed by atoms with E-state index in [1.165, 1.54) is 0 Å². The van der Waals surface area contributed by atoms with E-state index in [9.17, 15) is 4.79 Å². The monoisotopic (exact) mass is 248 g/mol. The third-order valence-electron chi connectivity index (χ3n) is 2.78. The van der Waals surface area contributed by atoms with Crippen LogP contribution in [0.25, 0.3) is 10.7 Å². The molecule has 0 fully saturated rings. The minimum Gasteiger partial charge on any atom is -0.314 e. The predicted octanol–water partition coefficient (Wildman–Crippen LogP) is 1.68. The van der Waals surface area contributed by atoms with Gasteiger partial charge in [-0.05, 0) is 6.92 Å². The molecular weight excluding hydrogens is 236 g/mol. The number of rotatable bonds is 1. The van der Waals surface area contributed by atoms with Gasteiger partial charge in [0.2, 0.25) is 11.9 Å². The molecule has 0 saturated carbocycles. The van der Waals surface area contributed by atoms with Gasteiger partial charge in [-0.3, -0.25) is 9.69 Å². The van der Waals surface area contributed by atoms with Crippen LogP contribution in [0.2, 0.25) is 0 Å². The van der Waals surface area contributed by atoms with Crippen molar-refractivity contribution in [1.29, 1.82) is 0 Å². The summed E-state index contributed by atoms with van der Waals surface area (Å²) in [7, 11) is 0. The highest BCUT2D eigenvalue weighted by atomic mass is 32.1. The fourth-order valence-corrected chi connectivity index (χ4v) is 2.72. The van der Waals surface area contributed by atoms with Gasteiger partial charge in [-0.1, -0.05) is 0 Å². The molecule has 5 nitrogen and oxygen atoms in total. The van der Waals surface area contributed by atoms with E-state index in [1.54, 1.807) is 23.2 Å². The Bertz CT molecular complexity index is 586. The van der Waals surface area contributed by atoms with Crippen LogP contribution < -0.4 is 4.90 Å². The second-order valence-electron chi connectivity index (χ2n) is 4.08. The van der Waals surface area contributed by atoms with Crippen molar-refractivity contribution in [2.75, 3.05) is 11.4 Å². The Morgan fingerprint density at radius 3 is 2.88 bits per heavy atom. The Balaban J connectivity index is 2.01. The van der Waals surface area contributed by atoms with Crippen molar-refractivity contribution in [2.24, 2.45) is 0 Å². The molecule has 88 valence electrons. The maximum atomic E-state index is 11.4. The number of carbonyl (C=O) groups excluding carboxylic acids is 1. The van der Waals surface area contributed by atoms with Crippen molar-refractivity contribution in [3.05, 3.63) is 17.3 Å². The Morgan fingerprint density at radius 1 is 1.41 bits per heavy atom. The largest absolute Gasteiger partial charge is 0.314 e. The van der Waals surface area contributed by atoms with Crippen LogP contribution in [0.1, 0.15) is 12.6 Å². The average Bonchev–Trinajstić information content (AvgIpc) is 2.89. The van der Waals surface area contributed by atoms with Gasteiger partial charge in [0, 0.05) is 37.3 Å². The molecule has 17 heavy (non-hydrogen) atoms. The van der Waals surface area contributed by atoms with Crippen molar-refractivity contribution in [2.45, 2.75) is 20.4 Å². The van der Waals surface area contributed by atoms with Crippen molar-refractivity contribution in [3.63, 3.8) is 0 Å². The van der Waals surface area contributed by atoms with E-state index in [1.807, 2.05) is 23.1 Å². The minimum absolute atomic E-state index is 0.0382. The molecule has 0 aliphatic carbocycles. The van der Waals surface area contributed by atoms with E-state index in [4.69, 9.17) is 0 Å². The number of carbonyl (C=O) groups is 1. The lowest BCUT2D eigenvalue weighted by atomic mass is 10.5. The molecule has 1 amide bonds. The number of imidazole rings is 1. The zero-order valence-corrected chi connectivity index (χ0v) is 10.5. The van der Waals surface area contributed by atoms with Crippen LogP contribution in [-0.4, -0.2) is 27.0 Å². The molecule has 0 spiro atoms. The van der Waals surface area contributed by atoms with Crippen LogP contribution in [0.3, 0.4) is 0 Å². The van der Waals surface area contributed by atoms with E-state index in [0.717, 1.165) is 35.4 Å². The Hall–Kier alpha value is -1.69. The van der Waals surface area contributed by atoms with E-state index in [-0.39, 0.29) is 5.91 Å². The predicted molar refractivity (Wildman–Crippen MR) is 66.1 cm³/mol. The van der Waals surface area contributed by atoms with Gasteiger partial charge in [-0.25, -0.2) is 9.97 Å². The number of aromatic nitrogens is 3. The molecule has 2 aromatic heterocycles. The third kappa shape index (κ3) is 1.64. The zero-order valence-electron chi connectivity index (χ0n) is 9.67. The van der Waals surface area contributed by atoms with E-state index >= 15 is 0 Å². The minimum atomic E-state index is 0.0382. The van der Waals surface area contributed by atoms with Crippen molar-refractivity contribution < 1.29 is 4.79 Å². The van der Waals surface area contributed by atoms with Crippen LogP contribution in [0.4, 0.5) is 5.95 Å². The zero-order chi connectivity index (χ0) is 12.0. The number of aryl methyl sites for hydroxylation is 1. The Labute approximate surface area is 103 Å². The van der Waals surface area contributed by atoms with Gasteiger partial charge in [0.1, 0.15) is 10.7 Å². The molecule has 2 aromatic rings. The normalized spacial score (nSPS) is 14.1. The second kappa shape index (κ2) is 3.66. The van der Waals surface area contributed by atoms with Crippen LogP contribution in [0, 0.1) is 6.92 Å². The molecule has 0 N–H and O–H groups in total. The van der Waals surface area contributed by atoms with Gasteiger partial charge in [-0.2, -0.15) is 0 Å². The molecule has 0 aromatic carbocycles. The van der Waals surface area contributed by atoms with E-state index in [2.05, 4.69) is 9.97 Å². The standard InChI is InChI=1S/C11H12N4OS/c1-7-6-17-10(12-7)9-5-14-3-4-15(8(2)16)11(14)13-9/h5-6H,3-4H2,1-2H3. The molecule has 0 atom stereocenters. The highest BCUT2D eigenvalue weighted by Gasteiger charge is 2.25. The van der Waals surface area contributed by atoms with Crippen LogP contribution in [-0.2, 0) is 11.3 Å². The summed E-state index contributed by atoms with van der Waals surface area (Å²) in [5.41, 5.74) is 1.85. The summed E-state index contributed by atoms with van der Waals surface area (Å²) < 4.78 is 2.01. The number of amides is 1. The molecule has 0 saturated heterocycles. The first-order valence-electron chi connectivity index (χ1n) is 5.43. The number of hydrogen-bond donors (Lipinski definition) is 0. The van der Waals surface area contributed by atoms with E-state index < -0.39 is 0 Å². The Kier molecular flexibility index (Phi) is 2.25. The molecule has 0 bridgehead atoms. The summed E-state index contributed by atoms with van der Waals surface area (Å²) in [6.45, 7) is 5.06. The second-order valence-corrected chi connectivity index (χ2v) is 4.94. The van der Waals surface area contributed by atoms with Crippen LogP contribution in [0.5, 0.6) is 0 Å². The summed E-state index contributed by atoms with van der Waals surface area (Å²) in [6.07, 6.45) is 1.97. The number of anilines is 1. The number of thiazole rings is 1. The maximum Gasteiger partial charge on any atom is 0.226 e. The molecular formula is C11H12N4OS. The summed E-state index contributed by atoms with van der Waals surface area (Å²) in [5.74, 6) is 0.775. The summed E-state index contributed by atoms with van der Waals surface area (Å²) in [4.78, 5) is 22.0. The molecule has 3 heterocycles. The van der Waals surface area contributed by atoms with E-state index in [0.29, 0.717) is 0 Å². The first-order valence-corrected chi connectivity index (χ1v) is 6.31. The lowest BCUT2D eigenvalue weighted by Crippen LogP contribution is -2.26. The summed E-state index contributed by atoms with van der Waals surface area (Å²) in [6, 6.07) is 0. The van der Waals surface area contributed by atoms with Crippen molar-refractivity contribution in [1.82, 2.24) is 14.5 Å². The lowest BCUT2D eigenvalue weighted by molar-refractivity contribution is -0.116. The topological polar surface area (TPSA) is 51.0 Å². The number of nitrogens with zero attached hydrogens (tertiary/aromatic N) is 4. The van der Waals surface area contributed by atoms with Gasteiger partial charge in [0.05, 0.1) is 0 Å². The highest BCUT2D eigenvalue weighted by molar-refractivity contribution is 7.13. The number of hydrogen-bond acceptors (Lipinski definition) is 4. The first kappa shape index (κ1) is 10.5. The fraction of sp³-hybridized carbons (Fsp3) is 0.364. The highest BCUT2D eigenvalue weighted by Crippen LogP contribution is 2.28. The molecule has 0 unspecified atom stereocenters. The van der Waals surface area contributed by atoms with Gasteiger partial charge < -0.3 is 4.57 Å². The van der Waals surface area contributed by atoms with Gasteiger partial charge >= 0.3 is 0 Å². The smallest absolute Gasteiger partial charge is 0.226 e. The molecule has 1 aliphatic heterocycles. The Morgan fingerprint density at radius 2 is 2.24 bits per heavy atom. The summed E-state index contributed by atoms with van der Waals surface area (Å²) in [5, 5.41) is 2.91. The van der Waals surface area contributed by atoms with Crippen molar-refractivity contribution >= 4 is 23.2 Å². The van der Waals surface area contributed by atoms with Crippen molar-refractivity contribution in [3.8, 4) is 10.7 Å².